The minimum atomic E-state index is -3.65. The molecule has 0 saturated carbocycles. The molecule has 0 unspecified atom stereocenters. The van der Waals surface area contributed by atoms with Gasteiger partial charge in [0, 0.05) is 25.2 Å². The van der Waals surface area contributed by atoms with Gasteiger partial charge in [-0.1, -0.05) is 30.3 Å². The zero-order valence-corrected chi connectivity index (χ0v) is 18.2. The van der Waals surface area contributed by atoms with Gasteiger partial charge in [-0.25, -0.2) is 8.42 Å². The van der Waals surface area contributed by atoms with Crippen molar-refractivity contribution in [3.63, 3.8) is 0 Å². The molecule has 2 aliphatic heterocycles. The molecule has 2 heterocycles. The van der Waals surface area contributed by atoms with Crippen LogP contribution in [0.15, 0.2) is 53.4 Å². The maximum absolute atomic E-state index is 13.2. The molecule has 0 radical (unpaired) electrons. The molecule has 0 bridgehead atoms. The average molecular weight is 428 g/mol. The number of hydrogen-bond acceptors (Lipinski definition) is 4. The molecule has 0 atom stereocenters. The third-order valence-electron chi connectivity index (χ3n) is 6.22. The smallest absolute Gasteiger partial charge is 0.251 e. The number of likely N-dealkylation sites (tertiary alicyclic amines) is 1. The van der Waals surface area contributed by atoms with Gasteiger partial charge in [0.15, 0.2) is 0 Å². The van der Waals surface area contributed by atoms with Crippen molar-refractivity contribution in [1.82, 2.24) is 14.5 Å². The molecule has 7 heteroatoms. The quantitative estimate of drug-likeness (QED) is 0.796. The molecule has 0 spiro atoms. The Morgan fingerprint density at radius 3 is 2.53 bits per heavy atom. The highest BCUT2D eigenvalue weighted by molar-refractivity contribution is 7.89. The van der Waals surface area contributed by atoms with Crippen molar-refractivity contribution in [2.75, 3.05) is 33.2 Å². The number of nitrogens with one attached hydrogen (secondary N) is 1. The van der Waals surface area contributed by atoms with Crippen molar-refractivity contribution in [1.29, 1.82) is 0 Å². The summed E-state index contributed by atoms with van der Waals surface area (Å²) in [5, 5.41) is 2.99. The number of hydrogen-bond donors (Lipinski definition) is 1. The highest BCUT2D eigenvalue weighted by Crippen LogP contribution is 2.25. The maximum atomic E-state index is 13.2. The first-order valence-electron chi connectivity index (χ1n) is 10.6. The Hall–Kier alpha value is -2.22. The van der Waals surface area contributed by atoms with E-state index >= 15 is 0 Å². The van der Waals surface area contributed by atoms with E-state index in [1.807, 2.05) is 18.2 Å². The summed E-state index contributed by atoms with van der Waals surface area (Å²) in [4.78, 5) is 15.1. The molecule has 0 aromatic heterocycles. The molecule has 4 rings (SSSR count). The van der Waals surface area contributed by atoms with Crippen LogP contribution in [0.5, 0.6) is 0 Å². The summed E-state index contributed by atoms with van der Waals surface area (Å²) in [6.07, 6.45) is 2.84. The molecule has 2 aromatic rings. The van der Waals surface area contributed by atoms with E-state index in [0.29, 0.717) is 37.5 Å². The predicted octanol–water partition coefficient (Wildman–Crippen LogP) is 2.51. The fourth-order valence-electron chi connectivity index (χ4n) is 4.23. The summed E-state index contributed by atoms with van der Waals surface area (Å²) in [6, 6.07) is 14.3. The van der Waals surface area contributed by atoms with Gasteiger partial charge in [0.1, 0.15) is 0 Å². The monoisotopic (exact) mass is 427 g/mol. The van der Waals surface area contributed by atoms with Crippen LogP contribution in [-0.2, 0) is 23.0 Å². The van der Waals surface area contributed by atoms with Gasteiger partial charge in [-0.3, -0.25) is 4.79 Å². The normalized spacial score (nSPS) is 18.7. The van der Waals surface area contributed by atoms with Crippen LogP contribution < -0.4 is 5.32 Å². The number of amides is 1. The van der Waals surface area contributed by atoms with E-state index in [9.17, 15) is 13.2 Å². The number of carbonyl (C=O) groups excluding carboxylic acids is 1. The summed E-state index contributed by atoms with van der Waals surface area (Å²) in [6.45, 7) is 3.55. The summed E-state index contributed by atoms with van der Waals surface area (Å²) in [5.41, 5.74) is 2.63. The molecule has 1 fully saturated rings. The van der Waals surface area contributed by atoms with Crippen molar-refractivity contribution in [2.45, 2.75) is 30.7 Å². The third kappa shape index (κ3) is 4.58. The minimum Gasteiger partial charge on any atom is -0.352 e. The van der Waals surface area contributed by atoms with Crippen LogP contribution in [0.1, 0.15) is 34.3 Å². The zero-order valence-electron chi connectivity index (χ0n) is 17.4. The lowest BCUT2D eigenvalue weighted by molar-refractivity contribution is 0.0939. The molecule has 0 aliphatic carbocycles. The number of sulfonamides is 1. The number of benzene rings is 2. The van der Waals surface area contributed by atoms with Gasteiger partial charge in [0.25, 0.3) is 5.91 Å². The minimum absolute atomic E-state index is 0.175. The van der Waals surface area contributed by atoms with E-state index in [4.69, 9.17) is 0 Å². The van der Waals surface area contributed by atoms with Crippen LogP contribution in [0.2, 0.25) is 0 Å². The highest BCUT2D eigenvalue weighted by atomic mass is 32.2. The first-order chi connectivity index (χ1) is 14.4. The van der Waals surface area contributed by atoms with E-state index in [0.717, 1.165) is 31.5 Å². The summed E-state index contributed by atoms with van der Waals surface area (Å²) >= 11 is 0. The molecule has 6 nitrogen and oxygen atoms in total. The first-order valence-corrected chi connectivity index (χ1v) is 12.0. The predicted molar refractivity (Wildman–Crippen MR) is 117 cm³/mol. The lowest BCUT2D eigenvalue weighted by atomic mass is 9.97. The van der Waals surface area contributed by atoms with Gasteiger partial charge < -0.3 is 10.2 Å². The third-order valence-corrected chi connectivity index (χ3v) is 8.06. The van der Waals surface area contributed by atoms with Gasteiger partial charge in [0.05, 0.1) is 4.90 Å². The molecular formula is C23H29N3O3S. The molecule has 1 N–H and O–H groups in total. The first kappa shape index (κ1) is 21.0. The second-order valence-corrected chi connectivity index (χ2v) is 10.3. The average Bonchev–Trinajstić information content (AvgIpc) is 2.78. The van der Waals surface area contributed by atoms with E-state index in [1.165, 1.54) is 15.9 Å². The van der Waals surface area contributed by atoms with Crippen LogP contribution >= 0.6 is 0 Å². The van der Waals surface area contributed by atoms with Gasteiger partial charge >= 0.3 is 0 Å². The fraction of sp³-hybridized carbons (Fsp3) is 0.435. The van der Waals surface area contributed by atoms with E-state index in [-0.39, 0.29) is 10.8 Å². The van der Waals surface area contributed by atoms with Crippen LogP contribution in [0.25, 0.3) is 0 Å². The second-order valence-electron chi connectivity index (χ2n) is 8.34. The fourth-order valence-corrected chi connectivity index (χ4v) is 5.69. The standard InChI is InChI=1S/C23H29N3O3S/c1-25-12-9-18(10-13-25)16-24-23(27)20-7-4-8-22(15-20)30(28,29)26-14-11-19-5-2-3-6-21(19)17-26/h2-8,15,18H,9-14,16-17H2,1H3,(H,24,27). The topological polar surface area (TPSA) is 69.7 Å². The zero-order chi connectivity index (χ0) is 21.1. The van der Waals surface area contributed by atoms with Crippen molar-refractivity contribution in [3.05, 3.63) is 65.2 Å². The van der Waals surface area contributed by atoms with Crippen molar-refractivity contribution in [2.24, 2.45) is 5.92 Å². The molecule has 2 aliphatic rings. The van der Waals surface area contributed by atoms with Gasteiger partial charge in [-0.05, 0) is 74.6 Å². The van der Waals surface area contributed by atoms with Crippen LogP contribution in [0.4, 0.5) is 0 Å². The Kier molecular flexibility index (Phi) is 6.22. The molecular weight excluding hydrogens is 398 g/mol. The van der Waals surface area contributed by atoms with Gasteiger partial charge in [0.2, 0.25) is 10.0 Å². The van der Waals surface area contributed by atoms with Gasteiger partial charge in [-0.15, -0.1) is 0 Å². The highest BCUT2D eigenvalue weighted by Gasteiger charge is 2.28. The SMILES string of the molecule is CN1CCC(CNC(=O)c2cccc(S(=O)(=O)N3CCc4ccccc4C3)c2)CC1. The number of rotatable bonds is 5. The van der Waals surface area contributed by atoms with E-state index < -0.39 is 10.0 Å². The van der Waals surface area contributed by atoms with Crippen LogP contribution in [-0.4, -0.2) is 56.8 Å². The van der Waals surface area contributed by atoms with Crippen molar-refractivity contribution in [3.8, 4) is 0 Å². The Morgan fingerprint density at radius 1 is 1.03 bits per heavy atom. The Bertz CT molecular complexity index is 1010. The number of carbonyl (C=O) groups is 1. The summed E-state index contributed by atoms with van der Waals surface area (Å²) in [5.74, 6) is 0.264. The Labute approximate surface area is 178 Å². The summed E-state index contributed by atoms with van der Waals surface area (Å²) < 4.78 is 27.9. The second kappa shape index (κ2) is 8.88. The van der Waals surface area contributed by atoms with Crippen molar-refractivity contribution >= 4 is 15.9 Å². The van der Waals surface area contributed by atoms with Gasteiger partial charge in [-0.2, -0.15) is 4.31 Å². The molecule has 1 amide bonds. The lowest BCUT2D eigenvalue weighted by Crippen LogP contribution is -2.37. The van der Waals surface area contributed by atoms with E-state index in [1.54, 1.807) is 18.2 Å². The Morgan fingerprint density at radius 2 is 1.77 bits per heavy atom. The molecule has 30 heavy (non-hydrogen) atoms. The lowest BCUT2D eigenvalue weighted by Gasteiger charge is -2.29. The largest absolute Gasteiger partial charge is 0.352 e. The molecule has 2 aromatic carbocycles. The van der Waals surface area contributed by atoms with Crippen LogP contribution in [0.3, 0.4) is 0 Å². The van der Waals surface area contributed by atoms with Crippen molar-refractivity contribution < 1.29 is 13.2 Å². The number of nitrogens with zero attached hydrogens (tertiary/aromatic N) is 2. The maximum Gasteiger partial charge on any atom is 0.251 e. The van der Waals surface area contributed by atoms with E-state index in [2.05, 4.69) is 23.3 Å². The molecule has 160 valence electrons. The number of piperidine rings is 1. The number of fused-ring (bicyclic) bond motifs is 1. The van der Waals surface area contributed by atoms with Crippen LogP contribution in [0, 0.1) is 5.92 Å². The molecule has 1 saturated heterocycles. The Balaban J connectivity index is 1.44. The summed E-state index contributed by atoms with van der Waals surface area (Å²) in [7, 11) is -1.54.